The lowest BCUT2D eigenvalue weighted by Crippen LogP contribution is -2.59. The zero-order valence-corrected chi connectivity index (χ0v) is 18.1. The van der Waals surface area contributed by atoms with Crippen LogP contribution in [0.5, 0.6) is 0 Å². The number of nitrogens with zero attached hydrogens (tertiary/aromatic N) is 5. The van der Waals surface area contributed by atoms with E-state index in [9.17, 15) is 18.0 Å². The molecule has 1 amide bonds. The van der Waals surface area contributed by atoms with Crippen molar-refractivity contribution in [2.24, 2.45) is 5.92 Å². The Morgan fingerprint density at radius 2 is 1.91 bits per heavy atom. The SMILES string of the molecule is O=C(c1ccccc1-n1nccn1)N1CC2CCC1C(Nc1ncc(C(F)(F)F)cc1Cl)C2. The molecule has 6 rings (SSSR count). The zero-order valence-electron chi connectivity index (χ0n) is 17.3. The van der Waals surface area contributed by atoms with Crippen LogP contribution < -0.4 is 5.32 Å². The second kappa shape index (κ2) is 8.33. The van der Waals surface area contributed by atoms with E-state index in [1.165, 1.54) is 4.80 Å². The maximum atomic E-state index is 13.6. The molecule has 3 aromatic rings. The van der Waals surface area contributed by atoms with Crippen molar-refractivity contribution >= 4 is 23.3 Å². The number of pyridine rings is 1. The monoisotopic (exact) mass is 476 g/mol. The molecule has 1 saturated carbocycles. The van der Waals surface area contributed by atoms with E-state index in [1.807, 2.05) is 11.0 Å². The van der Waals surface area contributed by atoms with E-state index in [0.29, 0.717) is 17.8 Å². The van der Waals surface area contributed by atoms with Crippen LogP contribution >= 0.6 is 11.6 Å². The van der Waals surface area contributed by atoms with Crippen molar-refractivity contribution in [1.82, 2.24) is 24.9 Å². The Balaban J connectivity index is 1.40. The number of amides is 1. The van der Waals surface area contributed by atoms with E-state index in [4.69, 9.17) is 11.6 Å². The highest BCUT2D eigenvalue weighted by Crippen LogP contribution is 2.39. The van der Waals surface area contributed by atoms with E-state index in [2.05, 4.69) is 20.5 Å². The number of fused-ring (bicyclic) bond motifs is 3. The highest BCUT2D eigenvalue weighted by Gasteiger charge is 2.44. The lowest BCUT2D eigenvalue weighted by Gasteiger charge is -2.50. The van der Waals surface area contributed by atoms with Crippen LogP contribution in [0, 0.1) is 5.92 Å². The van der Waals surface area contributed by atoms with E-state index in [1.54, 1.807) is 30.6 Å². The van der Waals surface area contributed by atoms with Crippen LogP contribution in [-0.2, 0) is 6.18 Å². The van der Waals surface area contributed by atoms with Crippen LogP contribution in [0.4, 0.5) is 19.0 Å². The minimum atomic E-state index is -4.51. The van der Waals surface area contributed by atoms with Gasteiger partial charge >= 0.3 is 6.18 Å². The maximum Gasteiger partial charge on any atom is 0.417 e. The molecule has 3 fully saturated rings. The van der Waals surface area contributed by atoms with Crippen molar-refractivity contribution in [3.05, 3.63) is 65.1 Å². The van der Waals surface area contributed by atoms with Gasteiger partial charge in [-0.15, -0.1) is 0 Å². The topological polar surface area (TPSA) is 75.9 Å². The minimum Gasteiger partial charge on any atom is -0.364 e. The molecule has 2 aromatic heterocycles. The molecule has 4 heterocycles. The van der Waals surface area contributed by atoms with E-state index < -0.39 is 11.7 Å². The van der Waals surface area contributed by atoms with Gasteiger partial charge in [0, 0.05) is 18.8 Å². The lowest BCUT2D eigenvalue weighted by molar-refractivity contribution is -0.137. The number of benzene rings is 1. The molecule has 3 atom stereocenters. The van der Waals surface area contributed by atoms with Crippen molar-refractivity contribution in [1.29, 1.82) is 0 Å². The summed E-state index contributed by atoms with van der Waals surface area (Å²) in [5.41, 5.74) is 0.181. The van der Waals surface area contributed by atoms with Crippen LogP contribution in [0.1, 0.15) is 35.2 Å². The number of hydrogen-bond acceptors (Lipinski definition) is 5. The summed E-state index contributed by atoms with van der Waals surface area (Å²) in [6.45, 7) is 0.622. The lowest BCUT2D eigenvalue weighted by atomic mass is 9.76. The van der Waals surface area contributed by atoms with Crippen molar-refractivity contribution < 1.29 is 18.0 Å². The second-order valence-electron chi connectivity index (χ2n) is 8.34. The highest BCUT2D eigenvalue weighted by atomic mass is 35.5. The third-order valence-electron chi connectivity index (χ3n) is 6.30. The normalized spacial score (nSPS) is 22.4. The molecule has 0 spiro atoms. The van der Waals surface area contributed by atoms with Gasteiger partial charge in [0.1, 0.15) is 5.82 Å². The van der Waals surface area contributed by atoms with Gasteiger partial charge in [0.05, 0.1) is 40.3 Å². The Bertz CT molecular complexity index is 1170. The first-order chi connectivity index (χ1) is 15.8. The molecule has 7 nitrogen and oxygen atoms in total. The molecule has 1 aliphatic carbocycles. The number of anilines is 1. The summed E-state index contributed by atoms with van der Waals surface area (Å²) < 4.78 is 38.8. The van der Waals surface area contributed by atoms with Gasteiger partial charge in [-0.2, -0.15) is 28.2 Å². The van der Waals surface area contributed by atoms with Gasteiger partial charge in [-0.25, -0.2) is 4.98 Å². The Morgan fingerprint density at radius 3 is 2.61 bits per heavy atom. The first-order valence-electron chi connectivity index (χ1n) is 10.6. The Morgan fingerprint density at radius 1 is 1.15 bits per heavy atom. The molecule has 1 N–H and O–H groups in total. The van der Waals surface area contributed by atoms with E-state index in [-0.39, 0.29) is 34.7 Å². The molecule has 3 aliphatic rings. The second-order valence-corrected chi connectivity index (χ2v) is 8.75. The van der Waals surface area contributed by atoms with Gasteiger partial charge in [-0.05, 0) is 43.4 Å². The average Bonchev–Trinajstić information content (AvgIpc) is 3.34. The average molecular weight is 477 g/mol. The predicted octanol–water partition coefficient (Wildman–Crippen LogP) is 4.44. The summed E-state index contributed by atoms with van der Waals surface area (Å²) in [5.74, 6) is 0.339. The number of hydrogen-bond donors (Lipinski definition) is 1. The number of nitrogens with one attached hydrogen (secondary N) is 1. The number of piperidine rings is 2. The van der Waals surface area contributed by atoms with Crippen molar-refractivity contribution in [3.8, 4) is 5.69 Å². The van der Waals surface area contributed by atoms with Crippen LogP contribution in [0.2, 0.25) is 5.02 Å². The van der Waals surface area contributed by atoms with Gasteiger partial charge < -0.3 is 10.2 Å². The first kappa shape index (κ1) is 21.7. The maximum absolute atomic E-state index is 13.6. The van der Waals surface area contributed by atoms with Gasteiger partial charge in [0.2, 0.25) is 0 Å². The zero-order chi connectivity index (χ0) is 23.2. The predicted molar refractivity (Wildman–Crippen MR) is 115 cm³/mol. The molecule has 3 unspecified atom stereocenters. The van der Waals surface area contributed by atoms with Crippen molar-refractivity contribution in [3.63, 3.8) is 0 Å². The Labute approximate surface area is 192 Å². The van der Waals surface area contributed by atoms with E-state index in [0.717, 1.165) is 31.5 Å². The van der Waals surface area contributed by atoms with E-state index >= 15 is 0 Å². The molecule has 11 heteroatoms. The van der Waals surface area contributed by atoms with Gasteiger partial charge in [0.15, 0.2) is 0 Å². The van der Waals surface area contributed by atoms with Gasteiger partial charge in [-0.1, -0.05) is 23.7 Å². The fraction of sp³-hybridized carbons (Fsp3) is 0.364. The summed E-state index contributed by atoms with van der Waals surface area (Å²) in [5, 5.41) is 11.4. The smallest absolute Gasteiger partial charge is 0.364 e. The molecular formula is C22H20ClF3N6O. The molecule has 172 valence electrons. The summed E-state index contributed by atoms with van der Waals surface area (Å²) >= 11 is 6.11. The summed E-state index contributed by atoms with van der Waals surface area (Å²) in [7, 11) is 0. The molecule has 1 aromatic carbocycles. The quantitative estimate of drug-likeness (QED) is 0.602. The van der Waals surface area contributed by atoms with Crippen LogP contribution in [0.25, 0.3) is 5.69 Å². The van der Waals surface area contributed by atoms with Crippen LogP contribution in [0.3, 0.4) is 0 Å². The van der Waals surface area contributed by atoms with Gasteiger partial charge in [0.25, 0.3) is 5.91 Å². The first-order valence-corrected chi connectivity index (χ1v) is 10.9. The van der Waals surface area contributed by atoms with Crippen molar-refractivity contribution in [2.45, 2.75) is 37.5 Å². The molecule has 2 bridgehead atoms. The molecule has 0 radical (unpaired) electrons. The van der Waals surface area contributed by atoms with Gasteiger partial charge in [-0.3, -0.25) is 4.79 Å². The fourth-order valence-corrected chi connectivity index (χ4v) is 5.00. The molecule has 2 aliphatic heterocycles. The number of halogens is 4. The number of aromatic nitrogens is 4. The number of alkyl halides is 3. The summed E-state index contributed by atoms with van der Waals surface area (Å²) in [6.07, 6.45) is 1.91. The number of para-hydroxylation sites is 1. The molecular weight excluding hydrogens is 457 g/mol. The van der Waals surface area contributed by atoms with Crippen LogP contribution in [-0.4, -0.2) is 49.4 Å². The molecule has 2 saturated heterocycles. The number of rotatable bonds is 4. The number of carbonyl (C=O) groups is 1. The minimum absolute atomic E-state index is 0.0979. The highest BCUT2D eigenvalue weighted by molar-refractivity contribution is 6.33. The Hall–Kier alpha value is -3.14. The fourth-order valence-electron chi connectivity index (χ4n) is 4.78. The third-order valence-corrected chi connectivity index (χ3v) is 6.59. The third kappa shape index (κ3) is 4.15. The summed E-state index contributed by atoms with van der Waals surface area (Å²) in [6, 6.07) is 7.72. The van der Waals surface area contributed by atoms with Crippen LogP contribution in [0.15, 0.2) is 48.9 Å². The summed E-state index contributed by atoms with van der Waals surface area (Å²) in [4.78, 5) is 20.8. The largest absolute Gasteiger partial charge is 0.417 e. The molecule has 33 heavy (non-hydrogen) atoms. The standard InChI is InChI=1S/C22H20ClF3N6O/c23-16-10-14(22(24,25)26)11-27-20(16)30-17-9-13-5-6-19(17)31(12-13)21(33)15-3-1-2-4-18(15)32-28-7-8-29-32/h1-4,7-8,10-11,13,17,19H,5-6,9,12H2,(H,27,30). The van der Waals surface area contributed by atoms with Crippen molar-refractivity contribution in [2.75, 3.05) is 11.9 Å². The Kier molecular flexibility index (Phi) is 5.48. The number of carbonyl (C=O) groups excluding carboxylic acids is 1.